The highest BCUT2D eigenvalue weighted by molar-refractivity contribution is 7.17. The molecular weight excluding hydrogens is 259 g/mol. The molecule has 19 heavy (non-hydrogen) atoms. The molecule has 2 nitrogen and oxygen atoms in total. The van der Waals surface area contributed by atoms with Crippen LogP contribution in [0.15, 0.2) is 48.0 Å². The second kappa shape index (κ2) is 4.97. The monoisotopic (exact) mass is 272 g/mol. The van der Waals surface area contributed by atoms with Gasteiger partial charge in [0.2, 0.25) is 0 Å². The highest BCUT2D eigenvalue weighted by Gasteiger charge is 2.09. The van der Waals surface area contributed by atoms with Gasteiger partial charge in [-0.25, -0.2) is 9.37 Å². The molecule has 1 N–H and O–H groups in total. The largest absolute Gasteiger partial charge is 0.363 e. The number of benzene rings is 1. The lowest BCUT2D eigenvalue weighted by Crippen LogP contribution is -2.07. The Morgan fingerprint density at radius 1 is 1.16 bits per heavy atom. The van der Waals surface area contributed by atoms with Crippen molar-refractivity contribution < 1.29 is 4.39 Å². The van der Waals surface area contributed by atoms with Gasteiger partial charge in [-0.15, -0.1) is 11.3 Å². The Kier molecular flexibility index (Phi) is 3.17. The molecule has 0 aliphatic rings. The number of nitrogens with one attached hydrogen (secondary N) is 1. The van der Waals surface area contributed by atoms with Crippen LogP contribution in [0.2, 0.25) is 0 Å². The summed E-state index contributed by atoms with van der Waals surface area (Å²) in [6.07, 6.45) is 1.80. The molecule has 4 heteroatoms. The Bertz CT molecular complexity index is 691. The van der Waals surface area contributed by atoms with Crippen LogP contribution < -0.4 is 5.32 Å². The highest BCUT2D eigenvalue weighted by Crippen LogP contribution is 2.28. The van der Waals surface area contributed by atoms with Gasteiger partial charge in [-0.2, -0.15) is 0 Å². The third-order valence-corrected chi connectivity index (χ3v) is 3.99. The summed E-state index contributed by atoms with van der Waals surface area (Å²) in [6, 6.07) is 10.7. The van der Waals surface area contributed by atoms with E-state index < -0.39 is 0 Å². The third kappa shape index (κ3) is 2.44. The van der Waals surface area contributed by atoms with Gasteiger partial charge in [0.05, 0.1) is 0 Å². The van der Waals surface area contributed by atoms with E-state index in [4.69, 9.17) is 0 Å². The summed E-state index contributed by atoms with van der Waals surface area (Å²) in [7, 11) is 0. The first-order chi connectivity index (χ1) is 9.24. The van der Waals surface area contributed by atoms with Crippen molar-refractivity contribution in [3.63, 3.8) is 0 Å². The number of halogens is 1. The van der Waals surface area contributed by atoms with Gasteiger partial charge in [0.1, 0.15) is 11.6 Å². The topological polar surface area (TPSA) is 24.9 Å². The zero-order valence-corrected chi connectivity index (χ0v) is 11.2. The lowest BCUT2D eigenvalue weighted by molar-refractivity contribution is 0.626. The van der Waals surface area contributed by atoms with Crippen LogP contribution in [-0.2, 0) is 0 Å². The van der Waals surface area contributed by atoms with Crippen LogP contribution in [0.4, 0.5) is 10.2 Å². The molecule has 0 bridgehead atoms. The molecule has 0 radical (unpaired) electrons. The first-order valence-corrected chi connectivity index (χ1v) is 6.96. The van der Waals surface area contributed by atoms with E-state index in [1.165, 1.54) is 16.8 Å². The minimum Gasteiger partial charge on any atom is -0.363 e. The molecule has 3 aromatic rings. The van der Waals surface area contributed by atoms with E-state index in [2.05, 4.69) is 21.7 Å². The minimum atomic E-state index is -0.214. The van der Waals surface area contributed by atoms with Crippen molar-refractivity contribution in [3.8, 4) is 0 Å². The van der Waals surface area contributed by atoms with E-state index in [1.807, 2.05) is 13.0 Å². The summed E-state index contributed by atoms with van der Waals surface area (Å²) >= 11 is 1.70. The van der Waals surface area contributed by atoms with Crippen molar-refractivity contribution in [1.82, 2.24) is 4.98 Å². The van der Waals surface area contributed by atoms with E-state index in [0.29, 0.717) is 0 Å². The lowest BCUT2D eigenvalue weighted by atomic mass is 10.1. The van der Waals surface area contributed by atoms with Crippen LogP contribution in [0.3, 0.4) is 0 Å². The molecule has 0 aliphatic heterocycles. The van der Waals surface area contributed by atoms with Gasteiger partial charge >= 0.3 is 0 Å². The van der Waals surface area contributed by atoms with E-state index in [-0.39, 0.29) is 11.9 Å². The van der Waals surface area contributed by atoms with Crippen LogP contribution in [0.1, 0.15) is 18.5 Å². The van der Waals surface area contributed by atoms with Crippen LogP contribution in [0.5, 0.6) is 0 Å². The summed E-state index contributed by atoms with van der Waals surface area (Å²) in [5, 5.41) is 6.56. The van der Waals surface area contributed by atoms with Crippen molar-refractivity contribution in [2.75, 3.05) is 5.32 Å². The van der Waals surface area contributed by atoms with Crippen molar-refractivity contribution in [2.24, 2.45) is 0 Å². The Labute approximate surface area is 114 Å². The smallest absolute Gasteiger partial charge is 0.135 e. The Morgan fingerprint density at radius 2 is 1.95 bits per heavy atom. The van der Waals surface area contributed by atoms with Crippen molar-refractivity contribution >= 4 is 27.2 Å². The summed E-state index contributed by atoms with van der Waals surface area (Å²) in [6.45, 7) is 2.04. The lowest BCUT2D eigenvalue weighted by Gasteiger charge is -2.15. The molecule has 0 fully saturated rings. The van der Waals surface area contributed by atoms with Crippen molar-refractivity contribution in [1.29, 1.82) is 0 Å². The number of hydrogen-bond acceptors (Lipinski definition) is 3. The fourth-order valence-electron chi connectivity index (χ4n) is 2.05. The number of anilines is 1. The average Bonchev–Trinajstić information content (AvgIpc) is 2.89. The molecular formula is C15H13FN2S. The molecule has 0 aliphatic carbocycles. The number of aromatic nitrogens is 1. The van der Waals surface area contributed by atoms with Gasteiger partial charge in [-0.05, 0) is 42.1 Å². The normalized spacial score (nSPS) is 12.5. The Balaban J connectivity index is 1.88. The molecule has 0 saturated heterocycles. The van der Waals surface area contributed by atoms with Gasteiger partial charge in [-0.1, -0.05) is 12.1 Å². The van der Waals surface area contributed by atoms with E-state index in [0.717, 1.165) is 16.8 Å². The number of thiophene rings is 1. The average molecular weight is 272 g/mol. The SMILES string of the molecule is CC(Nc1nccc2sccc12)c1ccc(F)cc1. The van der Waals surface area contributed by atoms with E-state index in [1.54, 1.807) is 29.7 Å². The number of nitrogens with zero attached hydrogens (tertiary/aromatic N) is 1. The predicted molar refractivity (Wildman–Crippen MR) is 78.1 cm³/mol. The maximum absolute atomic E-state index is 12.9. The van der Waals surface area contributed by atoms with E-state index >= 15 is 0 Å². The number of pyridine rings is 1. The van der Waals surface area contributed by atoms with Gasteiger partial charge in [0.25, 0.3) is 0 Å². The first-order valence-electron chi connectivity index (χ1n) is 6.08. The van der Waals surface area contributed by atoms with Gasteiger partial charge in [0.15, 0.2) is 0 Å². The maximum Gasteiger partial charge on any atom is 0.135 e. The molecule has 1 atom stereocenters. The fraction of sp³-hybridized carbons (Fsp3) is 0.133. The van der Waals surface area contributed by atoms with Crippen LogP contribution in [0, 0.1) is 5.82 Å². The number of hydrogen-bond donors (Lipinski definition) is 1. The fourth-order valence-corrected chi connectivity index (χ4v) is 2.83. The molecule has 1 aromatic carbocycles. The van der Waals surface area contributed by atoms with Crippen LogP contribution in [-0.4, -0.2) is 4.98 Å². The summed E-state index contributed by atoms with van der Waals surface area (Å²) in [5.41, 5.74) is 1.04. The maximum atomic E-state index is 12.9. The molecule has 3 rings (SSSR count). The molecule has 96 valence electrons. The standard InChI is InChI=1S/C15H13FN2S/c1-10(11-2-4-12(16)5-3-11)18-15-13-7-9-19-14(13)6-8-17-15/h2-10H,1H3,(H,17,18). The zero-order valence-electron chi connectivity index (χ0n) is 10.4. The third-order valence-electron chi connectivity index (χ3n) is 3.10. The van der Waals surface area contributed by atoms with Gasteiger partial charge < -0.3 is 5.32 Å². The molecule has 2 heterocycles. The molecule has 0 amide bonds. The minimum absolute atomic E-state index is 0.0820. The quantitative estimate of drug-likeness (QED) is 0.753. The first kappa shape index (κ1) is 12.1. The summed E-state index contributed by atoms with van der Waals surface area (Å²) in [4.78, 5) is 4.38. The van der Waals surface area contributed by atoms with Gasteiger partial charge in [-0.3, -0.25) is 0 Å². The summed E-state index contributed by atoms with van der Waals surface area (Å²) < 4.78 is 14.1. The number of rotatable bonds is 3. The van der Waals surface area contributed by atoms with E-state index in [9.17, 15) is 4.39 Å². The molecule has 0 saturated carbocycles. The molecule has 2 aromatic heterocycles. The molecule has 0 spiro atoms. The van der Waals surface area contributed by atoms with Gasteiger partial charge in [0, 0.05) is 22.3 Å². The predicted octanol–water partition coefficient (Wildman–Crippen LogP) is 4.61. The Morgan fingerprint density at radius 3 is 2.74 bits per heavy atom. The highest BCUT2D eigenvalue weighted by atomic mass is 32.1. The second-order valence-corrected chi connectivity index (χ2v) is 5.36. The Hall–Kier alpha value is -1.94. The van der Waals surface area contributed by atoms with Crippen LogP contribution in [0.25, 0.3) is 10.1 Å². The number of fused-ring (bicyclic) bond motifs is 1. The molecule has 1 unspecified atom stereocenters. The van der Waals surface area contributed by atoms with Crippen LogP contribution >= 0.6 is 11.3 Å². The van der Waals surface area contributed by atoms with Crippen molar-refractivity contribution in [3.05, 3.63) is 59.4 Å². The zero-order chi connectivity index (χ0) is 13.2. The summed E-state index contributed by atoms with van der Waals surface area (Å²) in [5.74, 6) is 0.657. The second-order valence-electron chi connectivity index (χ2n) is 4.41. The van der Waals surface area contributed by atoms with Crippen molar-refractivity contribution in [2.45, 2.75) is 13.0 Å².